The maximum atomic E-state index is 13.4. The molecule has 1 aromatic rings. The van der Waals surface area contributed by atoms with E-state index in [0.29, 0.717) is 12.2 Å². The van der Waals surface area contributed by atoms with E-state index >= 15 is 0 Å². The Morgan fingerprint density at radius 1 is 1.33 bits per heavy atom. The molecule has 0 N–H and O–H groups in total. The molecule has 0 radical (unpaired) electrons. The van der Waals surface area contributed by atoms with E-state index in [9.17, 15) is 9.18 Å². The molecule has 0 spiro atoms. The average Bonchev–Trinajstić information content (AvgIpc) is 2.89. The first kappa shape index (κ1) is 22.9. The van der Waals surface area contributed by atoms with Crippen LogP contribution in [-0.2, 0) is 9.53 Å². The van der Waals surface area contributed by atoms with Gasteiger partial charge in [0, 0.05) is 17.6 Å². The van der Waals surface area contributed by atoms with Crippen molar-refractivity contribution in [1.82, 2.24) is 4.90 Å². The smallest absolute Gasteiger partial charge is 0.293 e. The van der Waals surface area contributed by atoms with Crippen molar-refractivity contribution >= 4 is 22.4 Å². The lowest BCUT2D eigenvalue weighted by Gasteiger charge is -2.14. The van der Waals surface area contributed by atoms with Crippen molar-refractivity contribution < 1.29 is 18.7 Å². The Labute approximate surface area is 153 Å². The number of likely N-dealkylation sites (tertiary alicyclic amines) is 1. The lowest BCUT2D eigenvalue weighted by atomic mass is 10.2. The van der Waals surface area contributed by atoms with Crippen LogP contribution in [0.1, 0.15) is 41.0 Å². The molecule has 24 heavy (non-hydrogen) atoms. The fourth-order valence-corrected chi connectivity index (χ4v) is 2.22. The van der Waals surface area contributed by atoms with Crippen LogP contribution < -0.4 is 4.74 Å². The summed E-state index contributed by atoms with van der Waals surface area (Å²) in [6.45, 7) is 11.8. The molecule has 2 rings (SSSR count). The average molecular weight is 406 g/mol. The van der Waals surface area contributed by atoms with Gasteiger partial charge in [-0.25, -0.2) is 4.39 Å². The second-order valence-corrected chi connectivity index (χ2v) is 7.11. The van der Waals surface area contributed by atoms with Gasteiger partial charge in [-0.15, -0.1) is 0 Å². The first-order valence-corrected chi connectivity index (χ1v) is 8.92. The van der Waals surface area contributed by atoms with Crippen molar-refractivity contribution in [2.45, 2.75) is 52.7 Å². The molecule has 1 aliphatic heterocycles. The fourth-order valence-electron chi connectivity index (χ4n) is 1.89. The number of likely N-dealkylation sites (N-methyl/N-ethyl adjacent to an activating group) is 1. The number of ether oxygens (including phenoxy) is 2. The highest BCUT2D eigenvalue weighted by Gasteiger charge is 2.21. The Morgan fingerprint density at radius 2 is 1.96 bits per heavy atom. The molecule has 0 aliphatic carbocycles. The number of hydrogen-bond donors (Lipinski definition) is 0. The van der Waals surface area contributed by atoms with Gasteiger partial charge in [0.05, 0.1) is 0 Å². The van der Waals surface area contributed by atoms with Gasteiger partial charge in [-0.05, 0) is 52.4 Å². The van der Waals surface area contributed by atoms with E-state index < -0.39 is 0 Å². The van der Waals surface area contributed by atoms with E-state index in [1.54, 1.807) is 12.1 Å². The van der Waals surface area contributed by atoms with Crippen LogP contribution in [0.25, 0.3) is 0 Å². The zero-order chi connectivity index (χ0) is 18.8. The number of halogens is 2. The van der Waals surface area contributed by atoms with Crippen molar-refractivity contribution in [3.8, 4) is 5.75 Å². The van der Waals surface area contributed by atoms with Crippen LogP contribution in [0.5, 0.6) is 5.75 Å². The molecule has 1 aromatic carbocycles. The summed E-state index contributed by atoms with van der Waals surface area (Å²) in [5.41, 5.74) is -0.318. The highest BCUT2D eigenvalue weighted by molar-refractivity contribution is 9.10. The molecule has 1 unspecified atom stereocenters. The van der Waals surface area contributed by atoms with Gasteiger partial charge in [-0.2, -0.15) is 0 Å². The largest absolute Gasteiger partial charge is 0.486 e. The molecule has 0 amide bonds. The molecule has 6 heteroatoms. The Balaban J connectivity index is 0.000000501. The van der Waals surface area contributed by atoms with E-state index in [2.05, 4.69) is 25.6 Å². The predicted octanol–water partition coefficient (Wildman–Crippen LogP) is 4.66. The van der Waals surface area contributed by atoms with E-state index in [-0.39, 0.29) is 17.5 Å². The van der Waals surface area contributed by atoms with E-state index in [4.69, 9.17) is 4.74 Å². The topological polar surface area (TPSA) is 38.8 Å². The maximum absolute atomic E-state index is 13.4. The van der Waals surface area contributed by atoms with Gasteiger partial charge in [0.1, 0.15) is 11.7 Å². The second kappa shape index (κ2) is 11.4. The van der Waals surface area contributed by atoms with Crippen molar-refractivity contribution in [2.75, 3.05) is 20.1 Å². The van der Waals surface area contributed by atoms with E-state index in [0.717, 1.165) is 24.0 Å². The summed E-state index contributed by atoms with van der Waals surface area (Å²) in [5, 5.41) is 0. The van der Waals surface area contributed by atoms with E-state index in [1.165, 1.54) is 6.07 Å². The van der Waals surface area contributed by atoms with Crippen molar-refractivity contribution in [3.63, 3.8) is 0 Å². The number of benzene rings is 1. The monoisotopic (exact) mass is 405 g/mol. The summed E-state index contributed by atoms with van der Waals surface area (Å²) in [6.07, 6.45) is 1.08. The Morgan fingerprint density at radius 3 is 2.33 bits per heavy atom. The number of carbonyl (C=O) groups excluding carboxylic acids is 1. The van der Waals surface area contributed by atoms with Gasteiger partial charge in [-0.1, -0.05) is 29.8 Å². The van der Waals surface area contributed by atoms with Crippen LogP contribution in [0.2, 0.25) is 0 Å². The van der Waals surface area contributed by atoms with Crippen LogP contribution in [0.3, 0.4) is 0 Å². The highest BCUT2D eigenvalue weighted by atomic mass is 79.9. The minimum absolute atomic E-state index is 0.116. The number of carbonyl (C=O) groups is 1. The van der Waals surface area contributed by atoms with E-state index in [1.807, 2.05) is 41.7 Å². The second-order valence-electron chi connectivity index (χ2n) is 6.19. The zero-order valence-electron chi connectivity index (χ0n) is 15.4. The molecule has 1 atom stereocenters. The Kier molecular flexibility index (Phi) is 10.9. The molecule has 1 saturated heterocycles. The number of hydrogen-bond acceptors (Lipinski definition) is 4. The number of nitrogens with zero attached hydrogens (tertiary/aromatic N) is 1. The molecular weight excluding hydrogens is 377 g/mol. The van der Waals surface area contributed by atoms with Crippen LogP contribution in [0, 0.1) is 5.82 Å². The van der Waals surface area contributed by atoms with Crippen molar-refractivity contribution in [3.05, 3.63) is 28.5 Å². The first-order valence-electron chi connectivity index (χ1n) is 8.13. The Bertz CT molecular complexity index is 492. The molecular formula is C18H29BrFNO3. The third-order valence-corrected chi connectivity index (χ3v) is 3.43. The van der Waals surface area contributed by atoms with Gasteiger partial charge in [0.25, 0.3) is 6.47 Å². The van der Waals surface area contributed by atoms with Gasteiger partial charge >= 0.3 is 0 Å². The minimum atomic E-state index is -0.318. The molecule has 138 valence electrons. The summed E-state index contributed by atoms with van der Waals surface area (Å²) in [6, 6.07) is 4.88. The summed E-state index contributed by atoms with van der Waals surface area (Å²) < 4.78 is 24.3. The van der Waals surface area contributed by atoms with Crippen LogP contribution >= 0.6 is 15.9 Å². The third-order valence-electron chi connectivity index (χ3n) is 2.94. The molecule has 4 nitrogen and oxygen atoms in total. The number of rotatable bonds is 3. The van der Waals surface area contributed by atoms with Crippen LogP contribution in [-0.4, -0.2) is 43.2 Å². The summed E-state index contributed by atoms with van der Waals surface area (Å²) in [5.74, 6) is 0.0393. The standard InChI is InChI=1S/C11H13BrFNO.C5H10O2.C2H6/c1-14-5-4-9(7-14)15-11-3-2-8(12)6-10(11)13;1-5(2,3)7-4-6;1-2/h2-3,6,9H,4-5,7H2,1H3;4H,1-3H3;1-2H3. The summed E-state index contributed by atoms with van der Waals surface area (Å²) in [4.78, 5) is 11.8. The molecule has 0 aromatic heterocycles. The van der Waals surface area contributed by atoms with Gasteiger partial charge in [0.15, 0.2) is 11.6 Å². The lowest BCUT2D eigenvalue weighted by Crippen LogP contribution is -2.21. The van der Waals surface area contributed by atoms with Crippen LogP contribution in [0.15, 0.2) is 22.7 Å². The molecule has 1 aliphatic rings. The van der Waals surface area contributed by atoms with Crippen molar-refractivity contribution in [2.24, 2.45) is 0 Å². The van der Waals surface area contributed by atoms with Gasteiger partial charge < -0.3 is 14.4 Å². The summed E-state index contributed by atoms with van der Waals surface area (Å²) >= 11 is 3.21. The lowest BCUT2D eigenvalue weighted by molar-refractivity contribution is -0.138. The summed E-state index contributed by atoms with van der Waals surface area (Å²) in [7, 11) is 2.04. The highest BCUT2D eigenvalue weighted by Crippen LogP contribution is 2.24. The normalized spacial score (nSPS) is 17.1. The molecule has 0 saturated carbocycles. The molecule has 1 heterocycles. The fraction of sp³-hybridized carbons (Fsp3) is 0.611. The zero-order valence-corrected chi connectivity index (χ0v) is 17.0. The third kappa shape index (κ3) is 9.88. The van der Waals surface area contributed by atoms with Crippen molar-refractivity contribution in [1.29, 1.82) is 0 Å². The first-order chi connectivity index (χ1) is 11.2. The minimum Gasteiger partial charge on any atom is -0.486 e. The SMILES string of the molecule is CC.CC(C)(C)OC=O.CN1CCC(Oc2ccc(Br)cc2F)C1. The predicted molar refractivity (Wildman–Crippen MR) is 98.9 cm³/mol. The van der Waals surface area contributed by atoms with Gasteiger partial charge in [0.2, 0.25) is 0 Å². The van der Waals surface area contributed by atoms with Crippen LogP contribution in [0.4, 0.5) is 4.39 Å². The maximum Gasteiger partial charge on any atom is 0.293 e. The molecule has 1 fully saturated rings. The molecule has 0 bridgehead atoms. The van der Waals surface area contributed by atoms with Gasteiger partial charge in [-0.3, -0.25) is 4.79 Å². The quantitative estimate of drug-likeness (QED) is 0.685. The Hall–Kier alpha value is -1.14.